The highest BCUT2D eigenvalue weighted by molar-refractivity contribution is 5.56. The minimum atomic E-state index is -0.223. The van der Waals surface area contributed by atoms with E-state index in [4.69, 9.17) is 0 Å². The number of hydrogen-bond acceptors (Lipinski definition) is 2. The topological polar surface area (TPSA) is 40.7 Å². The van der Waals surface area contributed by atoms with Crippen LogP contribution in [-0.4, -0.2) is 16.0 Å². The molecule has 0 bridgehead atoms. The number of imidazole rings is 1. The number of nitrogens with zero attached hydrogens (tertiary/aromatic N) is 1. The zero-order valence-corrected chi connectivity index (χ0v) is 10.3. The molecule has 1 heterocycles. The summed E-state index contributed by atoms with van der Waals surface area (Å²) in [6, 6.07) is 5.62. The third-order valence-electron chi connectivity index (χ3n) is 3.10. The summed E-state index contributed by atoms with van der Waals surface area (Å²) in [4.78, 5) is 7.53. The fraction of sp³-hybridized carbons (Fsp3) is 0.357. The summed E-state index contributed by atoms with van der Waals surface area (Å²) in [5.74, 6) is 0.504. The molecule has 0 saturated heterocycles. The quantitative estimate of drug-likeness (QED) is 0.869. The largest absolute Gasteiger partial charge is 0.341 e. The monoisotopic (exact) mass is 245 g/mol. The van der Waals surface area contributed by atoms with Crippen LogP contribution < -0.4 is 5.32 Å². The molecule has 2 N–H and O–H groups in total. The standard InChI is InChI=1S/C14H16FN3/c1-9-4-10(6-11(15)5-9)14-17-8-13(18-14)7-16-12-2-3-12/h4-6,8,12,16H,2-3,7H2,1H3,(H,17,18). The first-order valence-electron chi connectivity index (χ1n) is 6.25. The molecule has 0 aliphatic heterocycles. The Morgan fingerprint density at radius 3 is 2.94 bits per heavy atom. The number of halogens is 1. The minimum Gasteiger partial charge on any atom is -0.341 e. The van der Waals surface area contributed by atoms with Gasteiger partial charge in [-0.3, -0.25) is 0 Å². The van der Waals surface area contributed by atoms with E-state index in [0.717, 1.165) is 29.2 Å². The Kier molecular flexibility index (Phi) is 2.88. The summed E-state index contributed by atoms with van der Waals surface area (Å²) < 4.78 is 13.3. The van der Waals surface area contributed by atoms with Crippen LogP contribution in [0.4, 0.5) is 4.39 Å². The summed E-state index contributed by atoms with van der Waals surface area (Å²) in [6.45, 7) is 2.68. The first-order chi connectivity index (χ1) is 8.70. The first kappa shape index (κ1) is 11.4. The highest BCUT2D eigenvalue weighted by Gasteiger charge is 2.20. The second kappa shape index (κ2) is 4.53. The molecule has 1 aliphatic carbocycles. The van der Waals surface area contributed by atoms with E-state index >= 15 is 0 Å². The lowest BCUT2D eigenvalue weighted by atomic mass is 10.1. The zero-order chi connectivity index (χ0) is 12.5. The van der Waals surface area contributed by atoms with E-state index in [1.54, 1.807) is 0 Å². The summed E-state index contributed by atoms with van der Waals surface area (Å²) in [6.07, 6.45) is 4.35. The predicted octanol–water partition coefficient (Wildman–Crippen LogP) is 2.78. The van der Waals surface area contributed by atoms with E-state index < -0.39 is 0 Å². The summed E-state index contributed by atoms with van der Waals surface area (Å²) in [7, 11) is 0. The van der Waals surface area contributed by atoms with Gasteiger partial charge in [0.2, 0.25) is 0 Å². The molecule has 1 aromatic heterocycles. The molecule has 3 nitrogen and oxygen atoms in total. The van der Waals surface area contributed by atoms with Gasteiger partial charge in [0.1, 0.15) is 11.6 Å². The third-order valence-corrected chi connectivity index (χ3v) is 3.10. The van der Waals surface area contributed by atoms with Gasteiger partial charge in [-0.15, -0.1) is 0 Å². The Balaban J connectivity index is 1.78. The van der Waals surface area contributed by atoms with Crippen LogP contribution in [0.5, 0.6) is 0 Å². The van der Waals surface area contributed by atoms with E-state index in [0.29, 0.717) is 6.04 Å². The van der Waals surface area contributed by atoms with Gasteiger partial charge in [0.15, 0.2) is 0 Å². The van der Waals surface area contributed by atoms with Crippen LogP contribution in [0, 0.1) is 12.7 Å². The molecule has 2 aromatic rings. The summed E-state index contributed by atoms with van der Waals surface area (Å²) >= 11 is 0. The Labute approximate surface area is 105 Å². The van der Waals surface area contributed by atoms with E-state index in [-0.39, 0.29) is 5.82 Å². The number of nitrogens with one attached hydrogen (secondary N) is 2. The Hall–Kier alpha value is -1.68. The number of hydrogen-bond donors (Lipinski definition) is 2. The lowest BCUT2D eigenvalue weighted by Crippen LogP contribution is -2.15. The van der Waals surface area contributed by atoms with E-state index in [1.165, 1.54) is 25.0 Å². The molecule has 1 aliphatic rings. The van der Waals surface area contributed by atoms with Crippen molar-refractivity contribution in [2.24, 2.45) is 0 Å². The predicted molar refractivity (Wildman–Crippen MR) is 68.6 cm³/mol. The highest BCUT2D eigenvalue weighted by atomic mass is 19.1. The van der Waals surface area contributed by atoms with Crippen LogP contribution in [0.3, 0.4) is 0 Å². The van der Waals surface area contributed by atoms with Crippen molar-refractivity contribution in [2.45, 2.75) is 32.4 Å². The minimum absolute atomic E-state index is 0.223. The maximum Gasteiger partial charge on any atom is 0.137 e. The Bertz CT molecular complexity index is 538. The van der Waals surface area contributed by atoms with Gasteiger partial charge in [-0.25, -0.2) is 9.37 Å². The first-order valence-corrected chi connectivity index (χ1v) is 6.25. The molecule has 1 saturated carbocycles. The summed E-state index contributed by atoms with van der Waals surface area (Å²) in [5, 5.41) is 3.42. The molecular weight excluding hydrogens is 229 g/mol. The van der Waals surface area contributed by atoms with Crippen molar-refractivity contribution in [1.29, 1.82) is 0 Å². The number of rotatable bonds is 4. The van der Waals surface area contributed by atoms with E-state index in [1.807, 2.05) is 19.2 Å². The normalized spacial score (nSPS) is 15.0. The van der Waals surface area contributed by atoms with Crippen molar-refractivity contribution in [3.05, 3.63) is 41.5 Å². The van der Waals surface area contributed by atoms with Gasteiger partial charge in [0.05, 0.1) is 0 Å². The van der Waals surface area contributed by atoms with Crippen molar-refractivity contribution < 1.29 is 4.39 Å². The lowest BCUT2D eigenvalue weighted by molar-refractivity contribution is 0.627. The van der Waals surface area contributed by atoms with Crippen LogP contribution in [0.2, 0.25) is 0 Å². The molecule has 1 aromatic carbocycles. The molecule has 18 heavy (non-hydrogen) atoms. The molecule has 0 radical (unpaired) electrons. The van der Waals surface area contributed by atoms with Gasteiger partial charge in [-0.1, -0.05) is 0 Å². The molecule has 0 spiro atoms. The van der Waals surface area contributed by atoms with E-state index in [2.05, 4.69) is 15.3 Å². The number of H-pyrrole nitrogens is 1. The lowest BCUT2D eigenvalue weighted by Gasteiger charge is -2.01. The SMILES string of the molecule is Cc1cc(F)cc(-c2ncc(CNC3CC3)[nH]2)c1. The van der Waals surface area contributed by atoms with Crippen LogP contribution in [-0.2, 0) is 6.54 Å². The maximum absolute atomic E-state index is 13.3. The molecule has 94 valence electrons. The number of benzene rings is 1. The van der Waals surface area contributed by atoms with Gasteiger partial charge in [0, 0.05) is 30.0 Å². The second-order valence-electron chi connectivity index (χ2n) is 4.93. The van der Waals surface area contributed by atoms with Gasteiger partial charge < -0.3 is 10.3 Å². The average Bonchev–Trinajstić information content (AvgIpc) is 3.02. The number of aromatic nitrogens is 2. The van der Waals surface area contributed by atoms with Crippen molar-refractivity contribution in [3.63, 3.8) is 0 Å². The van der Waals surface area contributed by atoms with Crippen molar-refractivity contribution >= 4 is 0 Å². The maximum atomic E-state index is 13.3. The molecule has 1 fully saturated rings. The molecule has 4 heteroatoms. The van der Waals surface area contributed by atoms with Gasteiger partial charge >= 0.3 is 0 Å². The van der Waals surface area contributed by atoms with Gasteiger partial charge in [-0.2, -0.15) is 0 Å². The molecule has 0 unspecified atom stereocenters. The second-order valence-corrected chi connectivity index (χ2v) is 4.93. The van der Waals surface area contributed by atoms with Crippen LogP contribution >= 0.6 is 0 Å². The van der Waals surface area contributed by atoms with Crippen molar-refractivity contribution in [3.8, 4) is 11.4 Å². The Morgan fingerprint density at radius 1 is 1.39 bits per heavy atom. The fourth-order valence-corrected chi connectivity index (χ4v) is 2.01. The molecule has 3 rings (SSSR count). The van der Waals surface area contributed by atoms with Crippen molar-refractivity contribution in [2.75, 3.05) is 0 Å². The van der Waals surface area contributed by atoms with Gasteiger partial charge in [-0.05, 0) is 43.5 Å². The van der Waals surface area contributed by atoms with E-state index in [9.17, 15) is 4.39 Å². The van der Waals surface area contributed by atoms with Crippen LogP contribution in [0.1, 0.15) is 24.1 Å². The highest BCUT2D eigenvalue weighted by Crippen LogP contribution is 2.21. The molecule has 0 amide bonds. The molecule has 0 atom stereocenters. The number of aryl methyl sites for hydroxylation is 1. The average molecular weight is 245 g/mol. The third kappa shape index (κ3) is 2.59. The van der Waals surface area contributed by atoms with Gasteiger partial charge in [0.25, 0.3) is 0 Å². The summed E-state index contributed by atoms with van der Waals surface area (Å²) in [5.41, 5.74) is 2.74. The molecular formula is C14H16FN3. The Morgan fingerprint density at radius 2 is 2.22 bits per heavy atom. The smallest absolute Gasteiger partial charge is 0.137 e. The van der Waals surface area contributed by atoms with Crippen molar-refractivity contribution in [1.82, 2.24) is 15.3 Å². The van der Waals surface area contributed by atoms with Crippen LogP contribution in [0.25, 0.3) is 11.4 Å². The number of aromatic amines is 1. The fourth-order valence-electron chi connectivity index (χ4n) is 2.01. The van der Waals surface area contributed by atoms with Crippen LogP contribution in [0.15, 0.2) is 24.4 Å². The zero-order valence-electron chi connectivity index (χ0n) is 10.3.